The number of aliphatic imine (C=N–C) groups is 1. The van der Waals surface area contributed by atoms with Crippen LogP contribution in [0.4, 0.5) is 0 Å². The maximum absolute atomic E-state index is 5.14. The molecule has 3 rings (SSSR count). The predicted molar refractivity (Wildman–Crippen MR) is 74.2 cm³/mol. The van der Waals surface area contributed by atoms with Gasteiger partial charge in [0, 0.05) is 10.7 Å². The van der Waals surface area contributed by atoms with E-state index in [9.17, 15) is 0 Å². The van der Waals surface area contributed by atoms with E-state index < -0.39 is 0 Å². The topological polar surface area (TPSA) is 34.5 Å². The Morgan fingerprint density at radius 1 is 1.17 bits per heavy atom. The molecule has 0 saturated carbocycles. The molecule has 0 radical (unpaired) electrons. The summed E-state index contributed by atoms with van der Waals surface area (Å²) in [7, 11) is 1.66. The first kappa shape index (κ1) is 11.4. The zero-order valence-corrected chi connectivity index (χ0v) is 11.4. The van der Waals surface area contributed by atoms with Crippen LogP contribution in [0.25, 0.3) is 0 Å². The fraction of sp³-hybridized carbons (Fsp3) is 0.143. The molecule has 1 aliphatic rings. The molecular formula is C14H11BrN2O. The highest BCUT2D eigenvalue weighted by Gasteiger charge is 2.31. The second kappa shape index (κ2) is 4.53. The Bertz CT molecular complexity index is 607. The minimum absolute atomic E-state index is 0.107. The molecule has 0 aliphatic carbocycles. The number of rotatable bonds is 3. The molecule has 1 aromatic carbocycles. The van der Waals surface area contributed by atoms with E-state index >= 15 is 0 Å². The average molecular weight is 303 g/mol. The van der Waals surface area contributed by atoms with Gasteiger partial charge in [-0.1, -0.05) is 15.9 Å². The van der Waals surface area contributed by atoms with Gasteiger partial charge in [-0.3, -0.25) is 9.98 Å². The first-order valence-corrected chi connectivity index (χ1v) is 6.41. The van der Waals surface area contributed by atoms with Crippen LogP contribution in [0.2, 0.25) is 0 Å². The number of methoxy groups -OCH3 is 1. The molecule has 1 aliphatic heterocycles. The Balaban J connectivity index is 1.78. The van der Waals surface area contributed by atoms with Crippen LogP contribution < -0.4 is 4.74 Å². The minimum Gasteiger partial charge on any atom is -0.497 e. The standard InChI is InChI=1S/C14H11BrN2O/c1-18-11-4-2-9(3-5-11)13-14(17-13)12-8-10(15)6-7-16-12/h2-8,14H,1H3. The lowest BCUT2D eigenvalue weighted by Gasteiger charge is -2.01. The molecule has 0 fully saturated rings. The highest BCUT2D eigenvalue weighted by atomic mass is 79.9. The molecule has 1 aromatic heterocycles. The van der Waals surface area contributed by atoms with Gasteiger partial charge in [-0.05, 0) is 42.0 Å². The summed E-state index contributed by atoms with van der Waals surface area (Å²) in [5, 5.41) is 0. The number of halogens is 1. The molecule has 0 bridgehead atoms. The van der Waals surface area contributed by atoms with Crippen LogP contribution in [-0.4, -0.2) is 17.8 Å². The second-order valence-corrected chi connectivity index (χ2v) is 4.96. The van der Waals surface area contributed by atoms with E-state index in [0.29, 0.717) is 0 Å². The summed E-state index contributed by atoms with van der Waals surface area (Å²) in [6.07, 6.45) is 1.79. The Morgan fingerprint density at radius 3 is 2.61 bits per heavy atom. The quantitative estimate of drug-likeness (QED) is 0.871. The SMILES string of the molecule is COc1ccc(C2=NC2c2cc(Br)ccn2)cc1. The Hall–Kier alpha value is -1.68. The van der Waals surface area contributed by atoms with Crippen molar-refractivity contribution in [3.63, 3.8) is 0 Å². The monoisotopic (exact) mass is 302 g/mol. The summed E-state index contributed by atoms with van der Waals surface area (Å²) in [6.45, 7) is 0. The van der Waals surface area contributed by atoms with Gasteiger partial charge in [0.05, 0.1) is 18.5 Å². The molecule has 4 heteroatoms. The summed E-state index contributed by atoms with van der Waals surface area (Å²) in [4.78, 5) is 8.83. The predicted octanol–water partition coefficient (Wildman–Crippen LogP) is 3.40. The number of pyridine rings is 1. The third-order valence-corrected chi connectivity index (χ3v) is 3.36. The molecule has 18 heavy (non-hydrogen) atoms. The highest BCUT2D eigenvalue weighted by molar-refractivity contribution is 9.10. The number of hydrogen-bond acceptors (Lipinski definition) is 3. The lowest BCUT2D eigenvalue weighted by molar-refractivity contribution is 0.415. The highest BCUT2D eigenvalue weighted by Crippen LogP contribution is 2.35. The molecule has 2 heterocycles. The van der Waals surface area contributed by atoms with Gasteiger partial charge in [0.2, 0.25) is 0 Å². The largest absolute Gasteiger partial charge is 0.497 e. The Labute approximate surface area is 114 Å². The lowest BCUT2D eigenvalue weighted by Crippen LogP contribution is -1.96. The van der Waals surface area contributed by atoms with Crippen molar-refractivity contribution in [1.82, 2.24) is 4.98 Å². The minimum atomic E-state index is 0.107. The van der Waals surface area contributed by atoms with Gasteiger partial charge in [-0.2, -0.15) is 0 Å². The van der Waals surface area contributed by atoms with Crippen molar-refractivity contribution in [2.45, 2.75) is 6.04 Å². The second-order valence-electron chi connectivity index (χ2n) is 4.04. The summed E-state index contributed by atoms with van der Waals surface area (Å²) in [6, 6.07) is 12.0. The van der Waals surface area contributed by atoms with Crippen LogP contribution in [-0.2, 0) is 0 Å². The van der Waals surface area contributed by atoms with Crippen molar-refractivity contribution in [1.29, 1.82) is 0 Å². The van der Waals surface area contributed by atoms with Gasteiger partial charge in [0.1, 0.15) is 11.8 Å². The number of aromatic nitrogens is 1. The lowest BCUT2D eigenvalue weighted by atomic mass is 10.1. The Morgan fingerprint density at radius 2 is 1.94 bits per heavy atom. The van der Waals surface area contributed by atoms with Crippen molar-refractivity contribution in [3.8, 4) is 5.75 Å². The first-order chi connectivity index (χ1) is 8.78. The van der Waals surface area contributed by atoms with Crippen molar-refractivity contribution < 1.29 is 4.74 Å². The van der Waals surface area contributed by atoms with E-state index in [1.165, 1.54) is 0 Å². The van der Waals surface area contributed by atoms with Crippen LogP contribution in [0.5, 0.6) is 5.75 Å². The van der Waals surface area contributed by atoms with Crippen LogP contribution in [0, 0.1) is 0 Å². The number of ether oxygens (including phenoxy) is 1. The number of hydrogen-bond donors (Lipinski definition) is 0. The zero-order chi connectivity index (χ0) is 12.5. The normalized spacial score (nSPS) is 17.2. The molecule has 2 aromatic rings. The Kier molecular flexibility index (Phi) is 2.88. The molecule has 0 saturated heterocycles. The molecular weight excluding hydrogens is 292 g/mol. The van der Waals surface area contributed by atoms with Crippen LogP contribution in [0.1, 0.15) is 17.3 Å². The third kappa shape index (κ3) is 2.16. The molecule has 90 valence electrons. The van der Waals surface area contributed by atoms with E-state index in [2.05, 4.69) is 25.9 Å². The van der Waals surface area contributed by atoms with Gasteiger partial charge in [-0.25, -0.2) is 0 Å². The van der Waals surface area contributed by atoms with Crippen LogP contribution in [0.3, 0.4) is 0 Å². The van der Waals surface area contributed by atoms with Crippen molar-refractivity contribution >= 4 is 21.6 Å². The zero-order valence-electron chi connectivity index (χ0n) is 9.80. The van der Waals surface area contributed by atoms with Gasteiger partial charge in [0.25, 0.3) is 0 Å². The van der Waals surface area contributed by atoms with E-state index in [0.717, 1.165) is 27.2 Å². The molecule has 1 unspecified atom stereocenters. The van der Waals surface area contributed by atoms with E-state index in [1.807, 2.05) is 36.4 Å². The fourth-order valence-corrected chi connectivity index (χ4v) is 2.23. The van der Waals surface area contributed by atoms with Crippen molar-refractivity contribution in [3.05, 3.63) is 58.3 Å². The van der Waals surface area contributed by atoms with Crippen LogP contribution >= 0.6 is 15.9 Å². The molecule has 3 nitrogen and oxygen atoms in total. The summed E-state index contributed by atoms with van der Waals surface area (Å²) >= 11 is 3.45. The first-order valence-electron chi connectivity index (χ1n) is 5.61. The molecule has 0 spiro atoms. The molecule has 1 atom stereocenters. The summed E-state index contributed by atoms with van der Waals surface area (Å²) < 4.78 is 6.17. The van der Waals surface area contributed by atoms with Gasteiger partial charge in [0.15, 0.2) is 0 Å². The summed E-state index contributed by atoms with van der Waals surface area (Å²) in [5.41, 5.74) is 3.20. The third-order valence-electron chi connectivity index (χ3n) is 2.87. The van der Waals surface area contributed by atoms with Crippen LogP contribution in [0.15, 0.2) is 52.1 Å². The molecule has 0 N–H and O–H groups in total. The van der Waals surface area contributed by atoms with E-state index in [1.54, 1.807) is 13.3 Å². The van der Waals surface area contributed by atoms with Gasteiger partial charge >= 0.3 is 0 Å². The van der Waals surface area contributed by atoms with E-state index in [-0.39, 0.29) is 6.04 Å². The van der Waals surface area contributed by atoms with Gasteiger partial charge in [-0.15, -0.1) is 0 Å². The maximum atomic E-state index is 5.14. The maximum Gasteiger partial charge on any atom is 0.134 e. The molecule has 0 amide bonds. The van der Waals surface area contributed by atoms with Crippen molar-refractivity contribution in [2.24, 2.45) is 4.99 Å². The number of benzene rings is 1. The van der Waals surface area contributed by atoms with Gasteiger partial charge < -0.3 is 4.74 Å². The van der Waals surface area contributed by atoms with E-state index in [4.69, 9.17) is 4.74 Å². The average Bonchev–Trinajstić information content (AvgIpc) is 3.19. The van der Waals surface area contributed by atoms with Crippen molar-refractivity contribution in [2.75, 3.05) is 7.11 Å². The fourth-order valence-electron chi connectivity index (χ4n) is 1.87. The summed E-state index contributed by atoms with van der Waals surface area (Å²) in [5.74, 6) is 0.858. The number of nitrogens with zero attached hydrogens (tertiary/aromatic N) is 2. The smallest absolute Gasteiger partial charge is 0.134 e.